The zero-order valence-electron chi connectivity index (χ0n) is 16.5. The molecule has 0 saturated carbocycles. The first kappa shape index (κ1) is 19.4. The summed E-state index contributed by atoms with van der Waals surface area (Å²) in [6, 6.07) is 18.3. The number of anilines is 1. The summed E-state index contributed by atoms with van der Waals surface area (Å²) in [5, 5.41) is 3.02. The van der Waals surface area contributed by atoms with Crippen LogP contribution in [0, 0.1) is 5.92 Å². The molecule has 1 aliphatic rings. The van der Waals surface area contributed by atoms with Gasteiger partial charge in [-0.25, -0.2) is 0 Å². The standard InChI is InChI=1S/C23H31N3O/c1-19-7-6-15-26(17-19)18-20-10-12-21(13-11-20)23(27)24-14-16-25(2)22-8-4-3-5-9-22/h3-5,8-13,19H,6-7,14-18H2,1-2H3,(H,24,27)/t19-/m0/s1. The SMILES string of the molecule is C[C@H]1CCCN(Cc2ccc(C(=O)NCCN(C)c3ccccc3)cc2)C1. The number of hydrogen-bond acceptors (Lipinski definition) is 3. The maximum absolute atomic E-state index is 12.4. The van der Waals surface area contributed by atoms with Crippen LogP contribution in [0.15, 0.2) is 54.6 Å². The molecule has 1 fully saturated rings. The number of hydrogen-bond donors (Lipinski definition) is 1. The Morgan fingerprint density at radius 3 is 2.59 bits per heavy atom. The molecule has 4 heteroatoms. The lowest BCUT2D eigenvalue weighted by Gasteiger charge is -2.30. The van der Waals surface area contributed by atoms with Crippen LogP contribution < -0.4 is 10.2 Å². The third-order valence-corrected chi connectivity index (χ3v) is 5.29. The van der Waals surface area contributed by atoms with Crippen molar-refractivity contribution in [2.45, 2.75) is 26.3 Å². The number of amides is 1. The van der Waals surface area contributed by atoms with Gasteiger partial charge in [-0.2, -0.15) is 0 Å². The second-order valence-corrected chi connectivity index (χ2v) is 7.69. The van der Waals surface area contributed by atoms with Gasteiger partial charge in [0.05, 0.1) is 0 Å². The summed E-state index contributed by atoms with van der Waals surface area (Å²) >= 11 is 0. The van der Waals surface area contributed by atoms with Crippen molar-refractivity contribution in [3.8, 4) is 0 Å². The fourth-order valence-electron chi connectivity index (χ4n) is 3.70. The normalized spacial score (nSPS) is 17.5. The summed E-state index contributed by atoms with van der Waals surface area (Å²) in [7, 11) is 2.04. The Labute approximate surface area is 163 Å². The number of nitrogens with one attached hydrogen (secondary N) is 1. The van der Waals surface area contributed by atoms with E-state index in [1.54, 1.807) is 0 Å². The summed E-state index contributed by atoms with van der Waals surface area (Å²) in [6.07, 6.45) is 2.63. The van der Waals surface area contributed by atoms with Gasteiger partial charge in [-0.1, -0.05) is 37.3 Å². The maximum Gasteiger partial charge on any atom is 0.251 e. The minimum Gasteiger partial charge on any atom is -0.373 e. The molecule has 1 heterocycles. The van der Waals surface area contributed by atoms with Gasteiger partial charge in [0.1, 0.15) is 0 Å². The highest BCUT2D eigenvalue weighted by molar-refractivity contribution is 5.94. The maximum atomic E-state index is 12.4. The molecule has 27 heavy (non-hydrogen) atoms. The van der Waals surface area contributed by atoms with E-state index in [4.69, 9.17) is 0 Å². The number of carbonyl (C=O) groups excluding carboxylic acids is 1. The van der Waals surface area contributed by atoms with Crippen molar-refractivity contribution >= 4 is 11.6 Å². The molecule has 0 spiro atoms. The van der Waals surface area contributed by atoms with E-state index < -0.39 is 0 Å². The van der Waals surface area contributed by atoms with Gasteiger partial charge in [-0.05, 0) is 55.1 Å². The second-order valence-electron chi connectivity index (χ2n) is 7.69. The molecular formula is C23H31N3O. The topological polar surface area (TPSA) is 35.6 Å². The number of carbonyl (C=O) groups is 1. The van der Waals surface area contributed by atoms with Gasteiger partial charge >= 0.3 is 0 Å². The highest BCUT2D eigenvalue weighted by atomic mass is 16.1. The molecule has 1 atom stereocenters. The number of rotatable bonds is 7. The second kappa shape index (κ2) is 9.56. The first-order valence-electron chi connectivity index (χ1n) is 9.97. The van der Waals surface area contributed by atoms with Crippen LogP contribution in [0.1, 0.15) is 35.7 Å². The highest BCUT2D eigenvalue weighted by Gasteiger charge is 2.16. The van der Waals surface area contributed by atoms with Crippen molar-refractivity contribution in [3.63, 3.8) is 0 Å². The number of para-hydroxylation sites is 1. The zero-order valence-corrected chi connectivity index (χ0v) is 16.5. The van der Waals surface area contributed by atoms with Crippen LogP contribution in [0.3, 0.4) is 0 Å². The molecule has 0 bridgehead atoms. The average molecular weight is 366 g/mol. The molecular weight excluding hydrogens is 334 g/mol. The van der Waals surface area contributed by atoms with Crippen LogP contribution in [0.25, 0.3) is 0 Å². The number of nitrogens with zero attached hydrogens (tertiary/aromatic N) is 2. The Bertz CT molecular complexity index is 714. The number of benzene rings is 2. The Kier molecular flexibility index (Phi) is 6.88. The van der Waals surface area contributed by atoms with E-state index in [1.165, 1.54) is 31.5 Å². The highest BCUT2D eigenvalue weighted by Crippen LogP contribution is 2.18. The lowest BCUT2D eigenvalue weighted by atomic mass is 9.99. The molecule has 1 aliphatic heterocycles. The van der Waals surface area contributed by atoms with E-state index >= 15 is 0 Å². The molecule has 0 aromatic heterocycles. The predicted molar refractivity (Wildman–Crippen MR) is 112 cm³/mol. The Hall–Kier alpha value is -2.33. The molecule has 3 rings (SSSR count). The van der Waals surface area contributed by atoms with E-state index in [9.17, 15) is 4.79 Å². The van der Waals surface area contributed by atoms with Crippen LogP contribution in [0.2, 0.25) is 0 Å². The lowest BCUT2D eigenvalue weighted by Crippen LogP contribution is -2.34. The summed E-state index contributed by atoms with van der Waals surface area (Å²) in [5.41, 5.74) is 3.17. The molecule has 1 amide bonds. The van der Waals surface area contributed by atoms with Crippen molar-refractivity contribution in [1.29, 1.82) is 0 Å². The van der Waals surface area contributed by atoms with E-state index in [0.717, 1.165) is 30.3 Å². The molecule has 0 radical (unpaired) electrons. The first-order valence-corrected chi connectivity index (χ1v) is 9.97. The zero-order chi connectivity index (χ0) is 19.1. The van der Waals surface area contributed by atoms with Crippen molar-refractivity contribution < 1.29 is 4.79 Å². The molecule has 0 unspecified atom stereocenters. The van der Waals surface area contributed by atoms with Gasteiger partial charge in [0.2, 0.25) is 0 Å². The quantitative estimate of drug-likeness (QED) is 0.811. The van der Waals surface area contributed by atoms with Gasteiger partial charge in [0, 0.05) is 44.5 Å². The molecule has 2 aromatic carbocycles. The molecule has 0 aliphatic carbocycles. The summed E-state index contributed by atoms with van der Waals surface area (Å²) < 4.78 is 0. The van der Waals surface area contributed by atoms with Crippen LogP contribution in [-0.2, 0) is 6.54 Å². The van der Waals surface area contributed by atoms with E-state index in [2.05, 4.69) is 46.3 Å². The van der Waals surface area contributed by atoms with Gasteiger partial charge in [-0.3, -0.25) is 9.69 Å². The Balaban J connectivity index is 1.44. The average Bonchev–Trinajstić information content (AvgIpc) is 2.69. The van der Waals surface area contributed by atoms with Crippen molar-refractivity contribution in [1.82, 2.24) is 10.2 Å². The molecule has 2 aromatic rings. The van der Waals surface area contributed by atoms with Crippen molar-refractivity contribution in [2.75, 3.05) is 38.1 Å². The number of likely N-dealkylation sites (tertiary alicyclic amines) is 1. The van der Waals surface area contributed by atoms with Crippen LogP contribution in [-0.4, -0.2) is 44.0 Å². The first-order chi connectivity index (χ1) is 13.1. The fraction of sp³-hybridized carbons (Fsp3) is 0.435. The Morgan fingerprint density at radius 2 is 1.89 bits per heavy atom. The molecule has 4 nitrogen and oxygen atoms in total. The lowest BCUT2D eigenvalue weighted by molar-refractivity contribution is 0.0954. The summed E-state index contributed by atoms with van der Waals surface area (Å²) in [4.78, 5) is 17.0. The van der Waals surface area contributed by atoms with E-state index in [-0.39, 0.29) is 5.91 Å². The monoisotopic (exact) mass is 365 g/mol. The number of likely N-dealkylation sites (N-methyl/N-ethyl adjacent to an activating group) is 1. The van der Waals surface area contributed by atoms with E-state index in [1.807, 2.05) is 37.4 Å². The van der Waals surface area contributed by atoms with Gasteiger partial charge in [0.25, 0.3) is 5.91 Å². The van der Waals surface area contributed by atoms with Gasteiger partial charge in [0.15, 0.2) is 0 Å². The number of piperidine rings is 1. The largest absolute Gasteiger partial charge is 0.373 e. The van der Waals surface area contributed by atoms with Gasteiger partial charge < -0.3 is 10.2 Å². The molecule has 1 saturated heterocycles. The molecule has 144 valence electrons. The molecule has 1 N–H and O–H groups in total. The van der Waals surface area contributed by atoms with E-state index in [0.29, 0.717) is 6.54 Å². The minimum atomic E-state index is -0.00499. The van der Waals surface area contributed by atoms with Gasteiger partial charge in [-0.15, -0.1) is 0 Å². The van der Waals surface area contributed by atoms with Crippen LogP contribution in [0.4, 0.5) is 5.69 Å². The third kappa shape index (κ3) is 5.83. The van der Waals surface area contributed by atoms with Crippen LogP contribution >= 0.6 is 0 Å². The summed E-state index contributed by atoms with van der Waals surface area (Å²) in [6.45, 7) is 7.07. The third-order valence-electron chi connectivity index (χ3n) is 5.29. The van der Waals surface area contributed by atoms with Crippen molar-refractivity contribution in [3.05, 3.63) is 65.7 Å². The Morgan fingerprint density at radius 1 is 1.15 bits per heavy atom. The fourth-order valence-corrected chi connectivity index (χ4v) is 3.70. The van der Waals surface area contributed by atoms with Crippen LogP contribution in [0.5, 0.6) is 0 Å². The predicted octanol–water partition coefficient (Wildman–Crippen LogP) is 3.78. The minimum absolute atomic E-state index is 0.00499. The smallest absolute Gasteiger partial charge is 0.251 e. The van der Waals surface area contributed by atoms with Crippen molar-refractivity contribution in [2.24, 2.45) is 5.92 Å². The summed E-state index contributed by atoms with van der Waals surface area (Å²) in [5.74, 6) is 0.785.